The van der Waals surface area contributed by atoms with Gasteiger partial charge < -0.3 is 13.6 Å². The molecule has 0 amide bonds. The van der Waals surface area contributed by atoms with Gasteiger partial charge in [-0.2, -0.15) is 0 Å². The van der Waals surface area contributed by atoms with Gasteiger partial charge in [0.05, 0.1) is 0 Å². The summed E-state index contributed by atoms with van der Waals surface area (Å²) in [4.78, 5) is 11.1. The van der Waals surface area contributed by atoms with Crippen molar-refractivity contribution >= 4 is 20.4 Å². The molecule has 86 valence electrons. The Hall–Kier alpha value is -1.43. The maximum atomic E-state index is 11.1. The van der Waals surface area contributed by atoms with Crippen LogP contribution in [-0.2, 0) is 13.6 Å². The molecular formula is C11H14O4Si. The normalized spacial score (nSPS) is 10.2. The van der Waals surface area contributed by atoms with Gasteiger partial charge in [-0.1, -0.05) is 24.8 Å². The van der Waals surface area contributed by atoms with Crippen molar-refractivity contribution in [3.05, 3.63) is 36.9 Å². The van der Waals surface area contributed by atoms with Crippen LogP contribution in [0, 0.1) is 0 Å². The van der Waals surface area contributed by atoms with Crippen molar-refractivity contribution in [2.45, 2.75) is 0 Å². The summed E-state index contributed by atoms with van der Waals surface area (Å²) in [5.74, 6) is -0.0276. The number of hydrogen-bond donors (Lipinski definition) is 0. The van der Waals surface area contributed by atoms with Crippen molar-refractivity contribution < 1.29 is 18.4 Å². The standard InChI is InChI=1S/C11H14O4Si/c1-4-11(12)15-9-7-5-6-8-10(9)16(13-2)14-3/h4-8,16H,1H2,2-3H3. The maximum Gasteiger partial charge on any atom is 0.359 e. The van der Waals surface area contributed by atoms with Crippen molar-refractivity contribution in [2.75, 3.05) is 14.2 Å². The molecule has 0 fully saturated rings. The molecule has 0 saturated heterocycles. The Labute approximate surface area is 96.3 Å². The van der Waals surface area contributed by atoms with E-state index in [1.54, 1.807) is 26.4 Å². The second kappa shape index (κ2) is 6.22. The molecule has 0 bridgehead atoms. The number of carbonyl (C=O) groups excluding carboxylic acids is 1. The molecule has 0 aliphatic carbocycles. The van der Waals surface area contributed by atoms with Crippen LogP contribution in [-0.4, -0.2) is 29.5 Å². The van der Waals surface area contributed by atoms with Crippen molar-refractivity contribution in [3.8, 4) is 5.75 Å². The topological polar surface area (TPSA) is 44.8 Å². The van der Waals surface area contributed by atoms with Crippen LogP contribution in [0.15, 0.2) is 36.9 Å². The lowest BCUT2D eigenvalue weighted by Gasteiger charge is -2.14. The van der Waals surface area contributed by atoms with Crippen molar-refractivity contribution in [3.63, 3.8) is 0 Å². The SMILES string of the molecule is C=CC(=O)Oc1ccccc1[SiH](OC)OC. The Balaban J connectivity index is 2.99. The predicted molar refractivity (Wildman–Crippen MR) is 63.1 cm³/mol. The fraction of sp³-hybridized carbons (Fsp3) is 0.182. The first-order valence-corrected chi connectivity index (χ1v) is 6.23. The number of ether oxygens (including phenoxy) is 1. The molecule has 0 aromatic heterocycles. The fourth-order valence-corrected chi connectivity index (χ4v) is 2.62. The first-order valence-electron chi connectivity index (χ1n) is 4.71. The van der Waals surface area contributed by atoms with E-state index in [0.29, 0.717) is 5.75 Å². The molecule has 1 aromatic carbocycles. The molecule has 0 saturated carbocycles. The lowest BCUT2D eigenvalue weighted by atomic mass is 10.3. The minimum absolute atomic E-state index is 0.466. The van der Waals surface area contributed by atoms with E-state index < -0.39 is 15.3 Å². The van der Waals surface area contributed by atoms with Crippen molar-refractivity contribution in [1.82, 2.24) is 0 Å². The average molecular weight is 238 g/mol. The van der Waals surface area contributed by atoms with E-state index in [1.807, 2.05) is 12.1 Å². The molecule has 0 aliphatic rings. The van der Waals surface area contributed by atoms with Gasteiger partial charge in [-0.3, -0.25) is 0 Å². The fourth-order valence-electron chi connectivity index (χ4n) is 1.27. The number of carbonyl (C=O) groups is 1. The Kier molecular flexibility index (Phi) is 4.91. The third-order valence-corrected chi connectivity index (χ3v) is 3.82. The molecule has 5 heteroatoms. The lowest BCUT2D eigenvalue weighted by Crippen LogP contribution is -2.36. The Morgan fingerprint density at radius 1 is 1.31 bits per heavy atom. The maximum absolute atomic E-state index is 11.1. The molecule has 0 atom stereocenters. The van der Waals surface area contributed by atoms with Gasteiger partial charge >= 0.3 is 15.3 Å². The molecular weight excluding hydrogens is 224 g/mol. The Morgan fingerprint density at radius 3 is 2.50 bits per heavy atom. The summed E-state index contributed by atoms with van der Waals surface area (Å²) < 4.78 is 15.6. The molecule has 0 unspecified atom stereocenters. The molecule has 0 N–H and O–H groups in total. The van der Waals surface area contributed by atoms with Gasteiger partial charge in [-0.05, 0) is 6.07 Å². The summed E-state index contributed by atoms with van der Waals surface area (Å²) in [6.07, 6.45) is 1.12. The zero-order chi connectivity index (χ0) is 12.0. The van der Waals surface area contributed by atoms with E-state index in [4.69, 9.17) is 13.6 Å². The predicted octanol–water partition coefficient (Wildman–Crippen LogP) is 0.498. The van der Waals surface area contributed by atoms with E-state index in [0.717, 1.165) is 11.3 Å². The monoisotopic (exact) mass is 238 g/mol. The second-order valence-electron chi connectivity index (χ2n) is 2.97. The van der Waals surface area contributed by atoms with Gasteiger partial charge in [0.1, 0.15) is 5.75 Å². The van der Waals surface area contributed by atoms with Crippen LogP contribution in [0.3, 0.4) is 0 Å². The minimum atomic E-state index is -1.97. The summed E-state index contributed by atoms with van der Waals surface area (Å²) in [6, 6.07) is 7.16. The highest BCUT2D eigenvalue weighted by atomic mass is 28.3. The zero-order valence-corrected chi connectivity index (χ0v) is 10.5. The quantitative estimate of drug-likeness (QED) is 0.324. The molecule has 0 radical (unpaired) electrons. The number of esters is 1. The van der Waals surface area contributed by atoms with E-state index in [1.165, 1.54) is 0 Å². The summed E-state index contributed by atoms with van der Waals surface area (Å²) in [7, 11) is 1.18. The van der Waals surface area contributed by atoms with Crippen LogP contribution >= 0.6 is 0 Å². The zero-order valence-electron chi connectivity index (χ0n) is 9.30. The lowest BCUT2D eigenvalue weighted by molar-refractivity contribution is -0.128. The molecule has 1 rings (SSSR count). The van der Waals surface area contributed by atoms with Gasteiger partial charge in [-0.15, -0.1) is 0 Å². The molecule has 1 aromatic rings. The highest BCUT2D eigenvalue weighted by Crippen LogP contribution is 2.09. The van der Waals surface area contributed by atoms with Crippen molar-refractivity contribution in [1.29, 1.82) is 0 Å². The summed E-state index contributed by atoms with van der Waals surface area (Å²) in [5, 5.41) is 0.794. The third kappa shape index (κ3) is 3.03. The number of para-hydroxylation sites is 1. The van der Waals surface area contributed by atoms with Crippen LogP contribution in [0.4, 0.5) is 0 Å². The second-order valence-corrected chi connectivity index (χ2v) is 5.20. The summed E-state index contributed by atoms with van der Waals surface area (Å²) in [5.41, 5.74) is 0. The average Bonchev–Trinajstić information content (AvgIpc) is 2.32. The van der Waals surface area contributed by atoms with Crippen LogP contribution in [0.2, 0.25) is 0 Å². The van der Waals surface area contributed by atoms with Gasteiger partial charge in [0.15, 0.2) is 0 Å². The van der Waals surface area contributed by atoms with E-state index in [9.17, 15) is 4.79 Å². The van der Waals surface area contributed by atoms with Crippen LogP contribution in [0.1, 0.15) is 0 Å². The van der Waals surface area contributed by atoms with Gasteiger partial charge in [0.25, 0.3) is 0 Å². The molecule has 0 heterocycles. The highest BCUT2D eigenvalue weighted by molar-refractivity contribution is 6.62. The first kappa shape index (κ1) is 12.6. The first-order chi connectivity index (χ1) is 7.72. The summed E-state index contributed by atoms with van der Waals surface area (Å²) in [6.45, 7) is 3.35. The van der Waals surface area contributed by atoms with E-state index >= 15 is 0 Å². The molecule has 0 spiro atoms. The van der Waals surface area contributed by atoms with Crippen LogP contribution < -0.4 is 9.92 Å². The number of hydrogen-bond acceptors (Lipinski definition) is 4. The van der Waals surface area contributed by atoms with Gasteiger partial charge in [0, 0.05) is 25.5 Å². The Bertz CT molecular complexity index is 374. The molecule has 16 heavy (non-hydrogen) atoms. The van der Waals surface area contributed by atoms with Gasteiger partial charge in [0.2, 0.25) is 0 Å². The van der Waals surface area contributed by atoms with Crippen LogP contribution in [0.5, 0.6) is 5.75 Å². The van der Waals surface area contributed by atoms with Crippen LogP contribution in [0.25, 0.3) is 0 Å². The number of benzene rings is 1. The largest absolute Gasteiger partial charge is 0.423 e. The van der Waals surface area contributed by atoms with E-state index in [2.05, 4.69) is 6.58 Å². The van der Waals surface area contributed by atoms with Crippen molar-refractivity contribution in [2.24, 2.45) is 0 Å². The van der Waals surface area contributed by atoms with Gasteiger partial charge in [-0.25, -0.2) is 4.79 Å². The third-order valence-electron chi connectivity index (χ3n) is 1.98. The smallest absolute Gasteiger partial charge is 0.359 e. The minimum Gasteiger partial charge on any atom is -0.423 e. The molecule has 0 aliphatic heterocycles. The molecule has 4 nitrogen and oxygen atoms in total. The summed E-state index contributed by atoms with van der Waals surface area (Å²) >= 11 is 0. The number of rotatable bonds is 5. The Morgan fingerprint density at radius 2 is 1.94 bits per heavy atom. The highest BCUT2D eigenvalue weighted by Gasteiger charge is 2.19. The van der Waals surface area contributed by atoms with E-state index in [-0.39, 0.29) is 0 Å².